The molecule has 1 fully saturated rings. The van der Waals surface area contributed by atoms with E-state index in [2.05, 4.69) is 34.3 Å². The summed E-state index contributed by atoms with van der Waals surface area (Å²) < 4.78 is 29.7. The van der Waals surface area contributed by atoms with Gasteiger partial charge in [0.2, 0.25) is 5.95 Å². The molecular weight excluding hydrogens is 594 g/mol. The molecule has 2 unspecified atom stereocenters. The highest BCUT2D eigenvalue weighted by atomic mass is 35.5. The average molecular weight is 627 g/mol. The molecule has 1 aromatic heterocycles. The van der Waals surface area contributed by atoms with Crippen molar-refractivity contribution in [2.24, 2.45) is 10.9 Å². The molecule has 1 aliphatic carbocycles. The van der Waals surface area contributed by atoms with Crippen LogP contribution in [0.2, 0.25) is 5.02 Å². The van der Waals surface area contributed by atoms with Crippen molar-refractivity contribution in [3.8, 4) is 11.3 Å². The number of aromatic nitrogens is 2. The van der Waals surface area contributed by atoms with E-state index >= 15 is 0 Å². The fourth-order valence-corrected chi connectivity index (χ4v) is 6.31. The van der Waals surface area contributed by atoms with Crippen LogP contribution in [0.15, 0.2) is 71.9 Å². The minimum Gasteiger partial charge on any atom is -0.324 e. The van der Waals surface area contributed by atoms with Gasteiger partial charge in [-0.1, -0.05) is 35.9 Å². The Balaban J connectivity index is 1.16. The van der Waals surface area contributed by atoms with Crippen LogP contribution in [0.3, 0.4) is 0 Å². The zero-order valence-electron chi connectivity index (χ0n) is 25.1. The number of nitrogens with one attached hydrogen (secondary N) is 2. The Morgan fingerprint density at radius 1 is 1.04 bits per heavy atom. The maximum absolute atomic E-state index is 14.8. The molecule has 0 saturated heterocycles. The van der Waals surface area contributed by atoms with Gasteiger partial charge >= 0.3 is 0 Å². The first kappa shape index (κ1) is 30.7. The maximum Gasteiger partial charge on any atom is 0.227 e. The molecule has 7 nitrogen and oxygen atoms in total. The van der Waals surface area contributed by atoms with Gasteiger partial charge in [-0.2, -0.15) is 0 Å². The van der Waals surface area contributed by atoms with E-state index in [0.717, 1.165) is 30.5 Å². The number of ketones is 1. The number of anilines is 2. The number of carbonyl (C=O) groups excluding carboxylic acids is 1. The highest BCUT2D eigenvalue weighted by Crippen LogP contribution is 2.35. The Hall–Kier alpha value is -4.34. The van der Waals surface area contributed by atoms with Gasteiger partial charge in [0.15, 0.2) is 0 Å². The van der Waals surface area contributed by atoms with Crippen LogP contribution in [0.1, 0.15) is 47.9 Å². The zero-order valence-corrected chi connectivity index (χ0v) is 25.8. The molecule has 2 aliphatic rings. The van der Waals surface area contributed by atoms with E-state index in [0.29, 0.717) is 51.5 Å². The van der Waals surface area contributed by atoms with Crippen LogP contribution in [-0.4, -0.2) is 52.2 Å². The lowest BCUT2D eigenvalue weighted by molar-refractivity contribution is -0.121. The lowest BCUT2D eigenvalue weighted by atomic mass is 9.95. The zero-order chi connectivity index (χ0) is 31.7. The van der Waals surface area contributed by atoms with Crippen molar-refractivity contribution in [2.45, 2.75) is 44.7 Å². The van der Waals surface area contributed by atoms with Gasteiger partial charge in [-0.3, -0.25) is 9.79 Å². The normalized spacial score (nSPS) is 17.3. The number of carbonyl (C=O) groups is 1. The van der Waals surface area contributed by atoms with E-state index in [1.165, 1.54) is 18.2 Å². The molecule has 4 aromatic rings. The van der Waals surface area contributed by atoms with Crippen molar-refractivity contribution < 1.29 is 13.6 Å². The average Bonchev–Trinajstić information content (AvgIpc) is 3.46. The second-order valence-corrected chi connectivity index (χ2v) is 12.3. The van der Waals surface area contributed by atoms with Crippen molar-refractivity contribution in [3.63, 3.8) is 0 Å². The smallest absolute Gasteiger partial charge is 0.227 e. The second-order valence-electron chi connectivity index (χ2n) is 11.9. The summed E-state index contributed by atoms with van der Waals surface area (Å²) in [4.78, 5) is 28.8. The molecule has 6 rings (SSSR count). The number of halogens is 3. The van der Waals surface area contributed by atoms with Gasteiger partial charge in [-0.05, 0) is 75.3 Å². The number of hydrogen-bond acceptors (Lipinski definition) is 7. The number of fused-ring (bicyclic) bond motifs is 3. The van der Waals surface area contributed by atoms with E-state index in [9.17, 15) is 13.6 Å². The van der Waals surface area contributed by atoms with Gasteiger partial charge in [0, 0.05) is 64.1 Å². The fraction of sp³-hybridized carbons (Fsp3) is 0.286. The van der Waals surface area contributed by atoms with E-state index in [-0.39, 0.29) is 35.9 Å². The van der Waals surface area contributed by atoms with Crippen LogP contribution in [0, 0.1) is 23.0 Å². The van der Waals surface area contributed by atoms with Gasteiger partial charge in [-0.15, -0.1) is 0 Å². The Bertz CT molecular complexity index is 1790. The largest absolute Gasteiger partial charge is 0.324 e. The summed E-state index contributed by atoms with van der Waals surface area (Å²) in [5.41, 5.74) is 4.46. The highest BCUT2D eigenvalue weighted by molar-refractivity contribution is 6.31. The molecule has 45 heavy (non-hydrogen) atoms. The van der Waals surface area contributed by atoms with E-state index in [4.69, 9.17) is 22.0 Å². The molecule has 2 atom stereocenters. The van der Waals surface area contributed by atoms with Gasteiger partial charge in [0.1, 0.15) is 17.4 Å². The van der Waals surface area contributed by atoms with Crippen LogP contribution in [-0.2, 0) is 17.8 Å². The lowest BCUT2D eigenvalue weighted by Crippen LogP contribution is -2.26. The Morgan fingerprint density at radius 3 is 2.51 bits per heavy atom. The maximum atomic E-state index is 14.8. The first-order chi connectivity index (χ1) is 21.7. The minimum atomic E-state index is -0.712. The minimum absolute atomic E-state index is 0.0491. The van der Waals surface area contributed by atoms with E-state index in [1.807, 2.05) is 24.3 Å². The molecule has 0 amide bonds. The number of aliphatic imine (C=N–C) groups is 1. The number of hydrogen-bond donors (Lipinski definition) is 2. The number of Topliss-reactive ketones (excluding diaryl/α,β-unsaturated/α-hetero) is 1. The summed E-state index contributed by atoms with van der Waals surface area (Å²) in [7, 11) is 4.10. The van der Waals surface area contributed by atoms with E-state index in [1.54, 1.807) is 24.4 Å². The standard InChI is InChI=1S/C35H33ClF2N6O/c1-44(2)26-12-8-21(15-26)31(45)17-24(39)14-20-6-10-25(11-7-20)42-35-41-19-22-18-40-34(32-29(37)4-3-5-30(32)38)28-16-23(36)9-13-27(28)33(22)43-35/h3-7,9-11,13,16,19,21,26,39H,8,12,14-15,17-18H2,1-2H3,(H,41,42,43). The Labute approximate surface area is 265 Å². The van der Waals surface area contributed by atoms with Crippen molar-refractivity contribution >= 4 is 40.4 Å². The number of rotatable bonds is 9. The lowest BCUT2D eigenvalue weighted by Gasteiger charge is -2.18. The fourth-order valence-electron chi connectivity index (χ4n) is 6.14. The SMILES string of the molecule is CN(C)C1CCC(C(=O)CC(=N)Cc2ccc(Nc3ncc4c(n3)-c3ccc(Cl)cc3C(c3c(F)cccc3F)=NC4)cc2)C1. The summed E-state index contributed by atoms with van der Waals surface area (Å²) in [5.74, 6) is -0.863. The van der Waals surface area contributed by atoms with Crippen LogP contribution < -0.4 is 5.32 Å². The quantitative estimate of drug-likeness (QED) is 0.189. The molecule has 230 valence electrons. The van der Waals surface area contributed by atoms with Gasteiger partial charge in [-0.25, -0.2) is 18.7 Å². The molecule has 1 aliphatic heterocycles. The Kier molecular flexibility index (Phi) is 8.83. The summed E-state index contributed by atoms with van der Waals surface area (Å²) in [5, 5.41) is 12.1. The molecule has 3 aromatic carbocycles. The van der Waals surface area contributed by atoms with Gasteiger partial charge in [0.25, 0.3) is 0 Å². The third-order valence-corrected chi connectivity index (χ3v) is 8.80. The molecule has 0 bridgehead atoms. The molecule has 2 N–H and O–H groups in total. The van der Waals surface area contributed by atoms with Crippen molar-refractivity contribution in [1.82, 2.24) is 14.9 Å². The summed E-state index contributed by atoms with van der Waals surface area (Å²) in [6, 6.07) is 16.9. The van der Waals surface area contributed by atoms with Crippen molar-refractivity contribution in [2.75, 3.05) is 19.4 Å². The highest BCUT2D eigenvalue weighted by Gasteiger charge is 2.31. The van der Waals surface area contributed by atoms with Crippen molar-refractivity contribution in [3.05, 3.63) is 106 Å². The number of nitrogens with zero attached hydrogens (tertiary/aromatic N) is 4. The topological polar surface area (TPSA) is 94.3 Å². The first-order valence-corrected chi connectivity index (χ1v) is 15.3. The van der Waals surface area contributed by atoms with Gasteiger partial charge < -0.3 is 15.6 Å². The molecule has 1 saturated carbocycles. The van der Waals surface area contributed by atoms with E-state index < -0.39 is 11.6 Å². The second kappa shape index (κ2) is 12.9. The van der Waals surface area contributed by atoms with Crippen LogP contribution >= 0.6 is 11.6 Å². The molecule has 0 spiro atoms. The van der Waals surface area contributed by atoms with Crippen LogP contribution in [0.4, 0.5) is 20.4 Å². The Morgan fingerprint density at radius 2 is 1.80 bits per heavy atom. The predicted molar refractivity (Wildman–Crippen MR) is 174 cm³/mol. The third kappa shape index (κ3) is 6.70. The molecule has 10 heteroatoms. The van der Waals surface area contributed by atoms with Crippen LogP contribution in [0.25, 0.3) is 11.3 Å². The summed E-state index contributed by atoms with van der Waals surface area (Å²) in [6.45, 7) is 0.130. The number of benzene rings is 3. The van der Waals surface area contributed by atoms with Crippen LogP contribution in [0.5, 0.6) is 0 Å². The monoisotopic (exact) mass is 626 g/mol. The molecule has 0 radical (unpaired) electrons. The molecule has 2 heterocycles. The van der Waals surface area contributed by atoms with Gasteiger partial charge in [0.05, 0.1) is 23.5 Å². The van der Waals surface area contributed by atoms with Crippen molar-refractivity contribution in [1.29, 1.82) is 5.41 Å². The molecular formula is C35H33ClF2N6O. The predicted octanol–water partition coefficient (Wildman–Crippen LogP) is 7.42. The summed E-state index contributed by atoms with van der Waals surface area (Å²) in [6.07, 6.45) is 5.07. The summed E-state index contributed by atoms with van der Waals surface area (Å²) >= 11 is 6.32. The third-order valence-electron chi connectivity index (χ3n) is 8.57. The first-order valence-electron chi connectivity index (χ1n) is 14.9.